The summed E-state index contributed by atoms with van der Waals surface area (Å²) in [5.74, 6) is 0.158. The van der Waals surface area contributed by atoms with E-state index in [2.05, 4.69) is 39.9 Å². The highest BCUT2D eigenvalue weighted by atomic mass is 35.5. The lowest BCUT2D eigenvalue weighted by atomic mass is 10.1. The molecule has 364 valence electrons. The van der Waals surface area contributed by atoms with Crippen molar-refractivity contribution < 1.29 is 23.4 Å². The molecule has 5 aromatic carbocycles. The molecule has 0 aliphatic heterocycles. The summed E-state index contributed by atoms with van der Waals surface area (Å²) < 4.78 is 35.2. The van der Waals surface area contributed by atoms with Crippen molar-refractivity contribution in [1.82, 2.24) is 58.6 Å². The molecule has 0 bridgehead atoms. The van der Waals surface area contributed by atoms with Crippen molar-refractivity contribution in [3.8, 4) is 17.1 Å². The predicted octanol–water partition coefficient (Wildman–Crippen LogP) is 8.41. The zero-order chi connectivity index (χ0) is 50.6. The van der Waals surface area contributed by atoms with Crippen LogP contribution in [0, 0.1) is 5.82 Å². The Bertz CT molecular complexity index is 3990. The Hall–Kier alpha value is -8.63. The van der Waals surface area contributed by atoms with Crippen molar-refractivity contribution in [2.45, 2.75) is 18.5 Å². The van der Waals surface area contributed by atoms with Crippen LogP contribution in [0.1, 0.15) is 28.2 Å². The molecule has 23 heteroatoms. The van der Waals surface area contributed by atoms with E-state index in [1.165, 1.54) is 48.1 Å². The first-order valence-electron chi connectivity index (χ1n) is 22.0. The number of hydrogen-bond donors (Lipinski definition) is 3. The van der Waals surface area contributed by atoms with Gasteiger partial charge in [0.05, 0.1) is 57.7 Å². The van der Waals surface area contributed by atoms with Gasteiger partial charge in [-0.1, -0.05) is 89.9 Å². The maximum absolute atomic E-state index is 14.5. The van der Waals surface area contributed by atoms with Crippen LogP contribution in [0.2, 0.25) is 10.0 Å². The summed E-state index contributed by atoms with van der Waals surface area (Å²) >= 11 is 17.7. The first kappa shape index (κ1) is 48.0. The van der Waals surface area contributed by atoms with Crippen LogP contribution in [-0.2, 0) is 22.7 Å². The minimum absolute atomic E-state index is 0.0399. The number of H-pyrrole nitrogens is 1. The number of carbonyl (C=O) groups excluding carboxylic acids is 1. The number of nitrogens with zero attached hydrogens (tertiary/aromatic N) is 11. The van der Waals surface area contributed by atoms with Crippen LogP contribution in [0.5, 0.6) is 5.75 Å². The number of benzene rings is 5. The number of rotatable bonds is 12. The number of carbonyl (C=O) groups is 1. The van der Waals surface area contributed by atoms with E-state index in [1.54, 1.807) is 66.7 Å². The number of aromatic amines is 1. The van der Waals surface area contributed by atoms with Gasteiger partial charge in [0.1, 0.15) is 64.5 Å². The molecule has 0 saturated carbocycles. The summed E-state index contributed by atoms with van der Waals surface area (Å²) in [6, 6.07) is 32.9. The number of halogens is 3. The number of imidazole rings is 2. The van der Waals surface area contributed by atoms with Crippen molar-refractivity contribution in [1.29, 1.82) is 0 Å². The lowest BCUT2D eigenvalue weighted by Gasteiger charge is -2.19. The van der Waals surface area contributed by atoms with E-state index in [0.717, 1.165) is 14.7 Å². The summed E-state index contributed by atoms with van der Waals surface area (Å²) in [6.07, 6.45) is 4.50. The SMILES string of the molecule is Nc1ncnc2c1ncn2C(=O)OCc1nc2cccc(F)c2c(=O)n1-c1ccccc1Cl.O=c1c2c(OCCOCc3ccccc3)cccc2nc(C(S)c2ncnc3[nH]cnc23)n1-c1ccccc1Cl. The molecule has 0 spiro atoms. The van der Waals surface area contributed by atoms with Gasteiger partial charge in [-0.3, -0.25) is 18.7 Å². The smallest absolute Gasteiger partial charge is 0.421 e. The number of thiol groups is 1. The molecule has 3 N–H and O–H groups in total. The molecule has 73 heavy (non-hydrogen) atoms. The minimum atomic E-state index is -0.838. The highest BCUT2D eigenvalue weighted by molar-refractivity contribution is 7.80. The number of nitrogens with one attached hydrogen (secondary N) is 1. The second kappa shape index (κ2) is 21.0. The Morgan fingerprint density at radius 1 is 0.712 bits per heavy atom. The van der Waals surface area contributed by atoms with E-state index >= 15 is 0 Å². The Kier molecular flexibility index (Phi) is 13.8. The number of hydrogen-bond acceptors (Lipinski definition) is 16. The second-order valence-electron chi connectivity index (χ2n) is 15.7. The Morgan fingerprint density at radius 3 is 2.16 bits per heavy atom. The topological polar surface area (TPSA) is 239 Å². The molecule has 0 saturated heterocycles. The van der Waals surface area contributed by atoms with Gasteiger partial charge in [0.15, 0.2) is 35.1 Å². The average molecular weight is 1040 g/mol. The standard InChI is InChI=1S/C29H23ClN6O3S.C21H13ClFN7O3/c30-19-9-4-5-11-21(19)36-28(26(40)24-25-27(33-16-31-24)34-17-32-25)35-20-10-6-12-22(23(20)29(36)37)39-14-13-38-15-18-7-2-1-3-8-18;22-11-4-1-2-7-14(11)30-15(28-13-6-3-5-12(23)16(13)20(30)31)8-33-21(32)29-10-27-17-18(24)25-9-26-19(17)29/h1-12,16-17,26,40H,13-15H2,(H,31,32,33,34);1-7,9-10H,8H2,(H2,24,25,26). The van der Waals surface area contributed by atoms with Crippen LogP contribution >= 0.6 is 35.8 Å². The third-order valence-corrected chi connectivity index (χ3v) is 12.3. The molecule has 6 heterocycles. The van der Waals surface area contributed by atoms with Crippen molar-refractivity contribution >= 4 is 91.9 Å². The van der Waals surface area contributed by atoms with Gasteiger partial charge < -0.3 is 24.9 Å². The molecule has 1 atom stereocenters. The highest BCUT2D eigenvalue weighted by Gasteiger charge is 2.26. The van der Waals surface area contributed by atoms with Crippen LogP contribution < -0.4 is 21.6 Å². The summed E-state index contributed by atoms with van der Waals surface area (Å²) in [4.78, 5) is 77.2. The number of fused-ring (bicyclic) bond motifs is 4. The fourth-order valence-corrected chi connectivity index (χ4v) is 8.67. The van der Waals surface area contributed by atoms with Gasteiger partial charge in [-0.2, -0.15) is 12.6 Å². The molecular formula is C50H36Cl2FN13O6S. The van der Waals surface area contributed by atoms with Gasteiger partial charge in [-0.25, -0.2) is 53.6 Å². The molecule has 0 aliphatic rings. The number of ether oxygens (including phenoxy) is 3. The van der Waals surface area contributed by atoms with Gasteiger partial charge in [0, 0.05) is 0 Å². The van der Waals surface area contributed by atoms with E-state index in [4.69, 9.17) is 60.8 Å². The van der Waals surface area contributed by atoms with Crippen molar-refractivity contribution in [3.63, 3.8) is 0 Å². The highest BCUT2D eigenvalue weighted by Crippen LogP contribution is 2.34. The summed E-state index contributed by atoms with van der Waals surface area (Å²) in [5.41, 5.74) is 9.07. The number of nitrogens with two attached hydrogens (primary N) is 1. The Balaban J connectivity index is 0.000000171. The molecule has 1 unspecified atom stereocenters. The molecule has 6 aromatic heterocycles. The van der Waals surface area contributed by atoms with Crippen molar-refractivity contribution in [2.75, 3.05) is 18.9 Å². The third-order valence-electron chi connectivity index (χ3n) is 11.2. The van der Waals surface area contributed by atoms with E-state index in [9.17, 15) is 18.8 Å². The molecule has 0 fully saturated rings. The van der Waals surface area contributed by atoms with Crippen LogP contribution in [0.25, 0.3) is 55.5 Å². The minimum Gasteiger partial charge on any atom is -0.490 e. The summed E-state index contributed by atoms with van der Waals surface area (Å²) in [7, 11) is 0. The molecule has 11 rings (SSSR count). The number of aromatic nitrogens is 12. The van der Waals surface area contributed by atoms with Crippen molar-refractivity contribution in [2.24, 2.45) is 0 Å². The number of nitrogen functional groups attached to an aromatic ring is 1. The van der Waals surface area contributed by atoms with E-state index in [1.807, 2.05) is 30.3 Å². The molecule has 0 amide bonds. The lowest BCUT2D eigenvalue weighted by Crippen LogP contribution is -2.26. The van der Waals surface area contributed by atoms with E-state index < -0.39 is 29.3 Å². The van der Waals surface area contributed by atoms with Gasteiger partial charge >= 0.3 is 6.09 Å². The van der Waals surface area contributed by atoms with Gasteiger partial charge in [-0.05, 0) is 54.1 Å². The van der Waals surface area contributed by atoms with E-state index in [-0.39, 0.29) is 56.6 Å². The Labute approximate surface area is 426 Å². The zero-order valence-electron chi connectivity index (χ0n) is 37.7. The third kappa shape index (κ3) is 9.64. The monoisotopic (exact) mass is 1040 g/mol. The maximum Gasteiger partial charge on any atom is 0.421 e. The molecule has 19 nitrogen and oxygen atoms in total. The predicted molar refractivity (Wildman–Crippen MR) is 274 cm³/mol. The van der Waals surface area contributed by atoms with Gasteiger partial charge in [0.25, 0.3) is 11.1 Å². The van der Waals surface area contributed by atoms with Gasteiger partial charge in [0.2, 0.25) is 0 Å². The van der Waals surface area contributed by atoms with Crippen LogP contribution in [-0.4, -0.2) is 77.9 Å². The van der Waals surface area contributed by atoms with Crippen LogP contribution in [0.15, 0.2) is 150 Å². The lowest BCUT2D eigenvalue weighted by molar-refractivity contribution is 0.0893. The van der Waals surface area contributed by atoms with Crippen molar-refractivity contribution in [3.05, 3.63) is 200 Å². The largest absolute Gasteiger partial charge is 0.490 e. The van der Waals surface area contributed by atoms with E-state index in [0.29, 0.717) is 63.3 Å². The first-order valence-corrected chi connectivity index (χ1v) is 23.3. The fraction of sp³-hybridized carbons (Fsp3) is 0.100. The molecule has 0 aliphatic carbocycles. The fourth-order valence-electron chi connectivity index (χ4n) is 7.86. The summed E-state index contributed by atoms with van der Waals surface area (Å²) in [6.45, 7) is 0.652. The van der Waals surface area contributed by atoms with Crippen LogP contribution in [0.4, 0.5) is 15.0 Å². The quantitative estimate of drug-likeness (QED) is 0.0769. The molecule has 11 aromatic rings. The second-order valence-corrected chi connectivity index (χ2v) is 17.0. The zero-order valence-corrected chi connectivity index (χ0v) is 40.1. The van der Waals surface area contributed by atoms with Crippen LogP contribution in [0.3, 0.4) is 0 Å². The maximum atomic E-state index is 14.5. The number of para-hydroxylation sites is 2. The first-order chi connectivity index (χ1) is 35.6. The molecule has 0 radical (unpaired) electrons. The molecular weight excluding hydrogens is 1000 g/mol. The van der Waals surface area contributed by atoms with Gasteiger partial charge in [-0.15, -0.1) is 0 Å². The average Bonchev–Trinajstić information content (AvgIpc) is 4.08. The summed E-state index contributed by atoms with van der Waals surface area (Å²) in [5, 5.41) is 0.00562. The number of anilines is 1. The Morgan fingerprint density at radius 2 is 1.40 bits per heavy atom. The normalized spacial score (nSPS) is 11.7.